The lowest BCUT2D eigenvalue weighted by Crippen LogP contribution is -2.25. The summed E-state index contributed by atoms with van der Waals surface area (Å²) < 4.78 is 27.1. The summed E-state index contributed by atoms with van der Waals surface area (Å²) in [7, 11) is -3.58. The average molecular weight is 374 g/mol. The van der Waals surface area contributed by atoms with E-state index in [0.29, 0.717) is 11.0 Å². The maximum atomic E-state index is 12.0. The Bertz CT molecular complexity index is 497. The number of nitrogens with zero attached hydrogens (tertiary/aromatic N) is 1. The van der Waals surface area contributed by atoms with Gasteiger partial charge in [-0.1, -0.05) is 11.6 Å². The van der Waals surface area contributed by atoms with Crippen LogP contribution in [0.2, 0.25) is 5.15 Å². The molecule has 0 atom stereocenters. The van der Waals surface area contributed by atoms with Crippen LogP contribution in [0.25, 0.3) is 0 Å². The molecule has 0 aliphatic heterocycles. The number of rotatable bonds is 7. The largest absolute Gasteiger partial charge is 0.243 e. The topological polar surface area (TPSA) is 59.1 Å². The quantitative estimate of drug-likeness (QED) is 0.590. The van der Waals surface area contributed by atoms with Crippen LogP contribution in [0, 0.1) is 0 Å². The van der Waals surface area contributed by atoms with Gasteiger partial charge in [0.25, 0.3) is 0 Å². The standard InChI is InChI=1S/C10H14BrClN2O2S2/c1-17-5-3-2-4-14-18(15,16)9-6-8(11)7-13-10(9)12/h6-7,14H,2-5H2,1H3. The van der Waals surface area contributed by atoms with Gasteiger partial charge in [-0.2, -0.15) is 11.8 Å². The molecule has 1 heterocycles. The molecule has 0 bridgehead atoms. The van der Waals surface area contributed by atoms with E-state index in [0.717, 1.165) is 18.6 Å². The molecule has 0 aliphatic carbocycles. The number of hydrogen-bond donors (Lipinski definition) is 1. The summed E-state index contributed by atoms with van der Waals surface area (Å²) in [4.78, 5) is 3.80. The van der Waals surface area contributed by atoms with E-state index >= 15 is 0 Å². The lowest BCUT2D eigenvalue weighted by Gasteiger charge is -2.07. The fraction of sp³-hybridized carbons (Fsp3) is 0.500. The predicted octanol–water partition coefficient (Wildman–Crippen LogP) is 2.92. The lowest BCUT2D eigenvalue weighted by molar-refractivity contribution is 0.578. The molecule has 8 heteroatoms. The first-order valence-electron chi connectivity index (χ1n) is 5.27. The van der Waals surface area contributed by atoms with Crippen LogP contribution in [0.4, 0.5) is 0 Å². The van der Waals surface area contributed by atoms with Crippen molar-refractivity contribution in [2.45, 2.75) is 17.7 Å². The zero-order chi connectivity index (χ0) is 13.6. The third-order valence-electron chi connectivity index (χ3n) is 2.13. The number of thioether (sulfide) groups is 1. The minimum Gasteiger partial charge on any atom is -0.242 e. The molecule has 0 spiro atoms. The molecule has 18 heavy (non-hydrogen) atoms. The Kier molecular flexibility index (Phi) is 6.94. The van der Waals surface area contributed by atoms with Gasteiger partial charge in [-0.05, 0) is 46.8 Å². The number of pyridine rings is 1. The van der Waals surface area contributed by atoms with Crippen LogP contribution < -0.4 is 4.72 Å². The van der Waals surface area contributed by atoms with E-state index in [2.05, 4.69) is 25.6 Å². The molecule has 1 aromatic heterocycles. The van der Waals surface area contributed by atoms with Crippen LogP contribution in [0.1, 0.15) is 12.8 Å². The van der Waals surface area contributed by atoms with Gasteiger partial charge >= 0.3 is 0 Å². The Morgan fingerprint density at radius 1 is 1.50 bits per heavy atom. The van der Waals surface area contributed by atoms with Crippen LogP contribution >= 0.6 is 39.3 Å². The predicted molar refractivity (Wildman–Crippen MR) is 79.8 cm³/mol. The van der Waals surface area contributed by atoms with Gasteiger partial charge in [0.15, 0.2) is 0 Å². The van der Waals surface area contributed by atoms with Crippen molar-refractivity contribution >= 4 is 49.3 Å². The summed E-state index contributed by atoms with van der Waals surface area (Å²) in [5.74, 6) is 1.03. The molecule has 0 radical (unpaired) electrons. The molecular formula is C10H14BrClN2O2S2. The maximum Gasteiger partial charge on any atom is 0.243 e. The van der Waals surface area contributed by atoms with Gasteiger partial charge < -0.3 is 0 Å². The minimum absolute atomic E-state index is 0.00316. The van der Waals surface area contributed by atoms with Gasteiger partial charge in [0.1, 0.15) is 10.0 Å². The van der Waals surface area contributed by atoms with Crippen molar-refractivity contribution in [2.75, 3.05) is 18.6 Å². The number of unbranched alkanes of at least 4 members (excludes halogenated alkanes) is 1. The molecule has 4 nitrogen and oxygen atoms in total. The second-order valence-corrected chi connectivity index (χ2v) is 7.53. The van der Waals surface area contributed by atoms with E-state index in [1.807, 2.05) is 6.26 Å². The molecule has 0 saturated heterocycles. The third kappa shape index (κ3) is 5.05. The molecule has 0 unspecified atom stereocenters. The number of hydrogen-bond acceptors (Lipinski definition) is 4. The second-order valence-electron chi connectivity index (χ2n) is 3.54. The summed E-state index contributed by atoms with van der Waals surface area (Å²) >= 11 is 10.7. The molecule has 0 aliphatic rings. The lowest BCUT2D eigenvalue weighted by atomic mass is 10.3. The zero-order valence-corrected chi connectivity index (χ0v) is 13.8. The minimum atomic E-state index is -3.58. The summed E-state index contributed by atoms with van der Waals surface area (Å²) in [6, 6.07) is 1.44. The Balaban J connectivity index is 2.66. The first-order valence-corrected chi connectivity index (χ1v) is 9.32. The van der Waals surface area contributed by atoms with Gasteiger partial charge in [0.2, 0.25) is 10.0 Å². The van der Waals surface area contributed by atoms with E-state index in [1.54, 1.807) is 11.8 Å². The summed E-state index contributed by atoms with van der Waals surface area (Å²) in [5, 5.41) is -0.0187. The monoisotopic (exact) mass is 372 g/mol. The van der Waals surface area contributed by atoms with Gasteiger partial charge in [0, 0.05) is 17.2 Å². The van der Waals surface area contributed by atoms with E-state index in [4.69, 9.17) is 11.6 Å². The van der Waals surface area contributed by atoms with Crippen molar-refractivity contribution in [3.05, 3.63) is 21.9 Å². The van der Waals surface area contributed by atoms with E-state index in [9.17, 15) is 8.42 Å². The van der Waals surface area contributed by atoms with Crippen molar-refractivity contribution in [1.82, 2.24) is 9.71 Å². The first-order chi connectivity index (χ1) is 8.47. The Morgan fingerprint density at radius 3 is 2.89 bits per heavy atom. The molecule has 0 aromatic carbocycles. The SMILES string of the molecule is CSCCCCNS(=O)(=O)c1cc(Br)cnc1Cl. The smallest absolute Gasteiger partial charge is 0.242 e. The molecule has 0 fully saturated rings. The van der Waals surface area contributed by atoms with E-state index in [-0.39, 0.29) is 10.0 Å². The van der Waals surface area contributed by atoms with Crippen molar-refractivity contribution in [1.29, 1.82) is 0 Å². The highest BCUT2D eigenvalue weighted by atomic mass is 79.9. The van der Waals surface area contributed by atoms with Gasteiger partial charge in [-0.15, -0.1) is 0 Å². The Labute approximate surface area is 125 Å². The average Bonchev–Trinajstić information content (AvgIpc) is 2.32. The molecule has 0 saturated carbocycles. The number of aromatic nitrogens is 1. The van der Waals surface area contributed by atoms with Gasteiger partial charge in [0.05, 0.1) is 0 Å². The summed E-state index contributed by atoms with van der Waals surface area (Å²) in [5.41, 5.74) is 0. The Hall–Kier alpha value is 0.180. The van der Waals surface area contributed by atoms with E-state index in [1.165, 1.54) is 12.3 Å². The molecule has 102 valence electrons. The van der Waals surface area contributed by atoms with Crippen molar-refractivity contribution in [3.63, 3.8) is 0 Å². The van der Waals surface area contributed by atoms with E-state index < -0.39 is 10.0 Å². The van der Waals surface area contributed by atoms with Crippen LogP contribution in [0.3, 0.4) is 0 Å². The highest BCUT2D eigenvalue weighted by Gasteiger charge is 2.18. The van der Waals surface area contributed by atoms with Crippen LogP contribution in [-0.2, 0) is 10.0 Å². The fourth-order valence-corrected chi connectivity index (χ4v) is 3.76. The highest BCUT2D eigenvalue weighted by Crippen LogP contribution is 2.22. The molecular weight excluding hydrogens is 360 g/mol. The fourth-order valence-electron chi connectivity index (χ4n) is 1.25. The Morgan fingerprint density at radius 2 is 2.22 bits per heavy atom. The zero-order valence-electron chi connectivity index (χ0n) is 9.82. The summed E-state index contributed by atoms with van der Waals surface area (Å²) in [6.07, 6.45) is 5.27. The highest BCUT2D eigenvalue weighted by molar-refractivity contribution is 9.10. The van der Waals surface area contributed by atoms with Crippen molar-refractivity contribution in [3.8, 4) is 0 Å². The second kappa shape index (κ2) is 7.69. The van der Waals surface area contributed by atoms with Gasteiger partial charge in [-0.25, -0.2) is 18.1 Å². The van der Waals surface area contributed by atoms with Crippen molar-refractivity contribution < 1.29 is 8.42 Å². The maximum absolute atomic E-state index is 12.0. The normalized spacial score (nSPS) is 11.7. The van der Waals surface area contributed by atoms with Crippen LogP contribution in [-0.4, -0.2) is 32.0 Å². The van der Waals surface area contributed by atoms with Gasteiger partial charge in [-0.3, -0.25) is 0 Å². The number of halogens is 2. The molecule has 0 amide bonds. The van der Waals surface area contributed by atoms with Crippen LogP contribution in [0.15, 0.2) is 21.6 Å². The first kappa shape index (κ1) is 16.2. The molecule has 1 aromatic rings. The third-order valence-corrected chi connectivity index (χ3v) is 5.15. The number of sulfonamides is 1. The van der Waals surface area contributed by atoms with Crippen molar-refractivity contribution in [2.24, 2.45) is 0 Å². The molecule has 1 N–H and O–H groups in total. The number of nitrogens with one attached hydrogen (secondary N) is 1. The summed E-state index contributed by atoms with van der Waals surface area (Å²) in [6.45, 7) is 0.408. The molecule has 1 rings (SSSR count). The van der Waals surface area contributed by atoms with Crippen LogP contribution in [0.5, 0.6) is 0 Å².